The second-order valence-electron chi connectivity index (χ2n) is 6.26. The van der Waals surface area contributed by atoms with Crippen LogP contribution >= 0.6 is 0 Å². The zero-order chi connectivity index (χ0) is 17.6. The van der Waals surface area contributed by atoms with Gasteiger partial charge in [0, 0.05) is 31.5 Å². The van der Waals surface area contributed by atoms with E-state index >= 15 is 0 Å². The number of benzene rings is 1. The minimum Gasteiger partial charge on any atom is -0.497 e. The number of rotatable bonds is 6. The molecular formula is C17H26N2O4. The Morgan fingerprint density at radius 2 is 1.83 bits per heavy atom. The van der Waals surface area contributed by atoms with Crippen molar-refractivity contribution in [1.82, 2.24) is 5.32 Å². The average Bonchev–Trinajstić information content (AvgIpc) is 2.45. The Kier molecular flexibility index (Phi) is 6.42. The van der Waals surface area contributed by atoms with E-state index in [4.69, 9.17) is 9.47 Å². The molecule has 1 aromatic carbocycles. The Bertz CT molecular complexity index is 564. The highest BCUT2D eigenvalue weighted by atomic mass is 16.5. The molecule has 0 spiro atoms. The maximum absolute atomic E-state index is 12.0. The number of carbonyl (C=O) groups excluding carboxylic acids is 2. The number of amides is 2. The maximum atomic E-state index is 12.0. The molecule has 0 atom stereocenters. The third-order valence-corrected chi connectivity index (χ3v) is 3.13. The van der Waals surface area contributed by atoms with Crippen molar-refractivity contribution < 1.29 is 19.1 Å². The number of hydrogen-bond acceptors (Lipinski definition) is 4. The summed E-state index contributed by atoms with van der Waals surface area (Å²) in [6.45, 7) is 7.49. The summed E-state index contributed by atoms with van der Waals surface area (Å²) in [7, 11) is 3.09. The molecule has 0 fully saturated rings. The van der Waals surface area contributed by atoms with E-state index in [1.165, 1.54) is 18.9 Å². The average molecular weight is 322 g/mol. The third kappa shape index (κ3) is 5.81. The van der Waals surface area contributed by atoms with Crippen LogP contribution < -0.4 is 19.7 Å². The lowest BCUT2D eigenvalue weighted by molar-refractivity contribution is -0.122. The molecular weight excluding hydrogens is 296 g/mol. The van der Waals surface area contributed by atoms with Crippen molar-refractivity contribution in [3.05, 3.63) is 18.2 Å². The molecule has 0 saturated carbocycles. The SMILES string of the molecule is COc1ccc(N(CCC(=O)NC(C)(C)C)C(C)=O)c(OC)c1. The van der Waals surface area contributed by atoms with Gasteiger partial charge in [-0.2, -0.15) is 0 Å². The lowest BCUT2D eigenvalue weighted by atomic mass is 10.1. The largest absolute Gasteiger partial charge is 0.497 e. The summed E-state index contributed by atoms with van der Waals surface area (Å²) in [5, 5.41) is 2.88. The standard InChI is InChI=1S/C17H26N2O4/c1-12(20)19(10-9-16(21)18-17(2,3)4)14-8-7-13(22-5)11-15(14)23-6/h7-8,11H,9-10H2,1-6H3,(H,18,21). The Balaban J connectivity index is 2.91. The van der Waals surface area contributed by atoms with Crippen LogP contribution in [0.25, 0.3) is 0 Å². The predicted molar refractivity (Wildman–Crippen MR) is 90.1 cm³/mol. The Labute approximate surface area is 137 Å². The van der Waals surface area contributed by atoms with Crippen molar-refractivity contribution in [2.45, 2.75) is 39.7 Å². The topological polar surface area (TPSA) is 67.9 Å². The molecule has 0 unspecified atom stereocenters. The number of carbonyl (C=O) groups is 2. The Hall–Kier alpha value is -2.24. The molecule has 2 amide bonds. The van der Waals surface area contributed by atoms with Gasteiger partial charge in [-0.15, -0.1) is 0 Å². The van der Waals surface area contributed by atoms with Crippen molar-refractivity contribution in [3.63, 3.8) is 0 Å². The molecule has 128 valence electrons. The summed E-state index contributed by atoms with van der Waals surface area (Å²) in [4.78, 5) is 25.5. The molecule has 0 aliphatic heterocycles. The first-order chi connectivity index (χ1) is 10.7. The van der Waals surface area contributed by atoms with E-state index in [-0.39, 0.29) is 30.3 Å². The van der Waals surface area contributed by atoms with Crippen LogP contribution in [-0.2, 0) is 9.59 Å². The molecule has 23 heavy (non-hydrogen) atoms. The summed E-state index contributed by atoms with van der Waals surface area (Å²) in [6.07, 6.45) is 0.214. The second kappa shape index (κ2) is 7.85. The van der Waals surface area contributed by atoms with Crippen molar-refractivity contribution >= 4 is 17.5 Å². The molecule has 0 aliphatic carbocycles. The molecule has 0 radical (unpaired) electrons. The van der Waals surface area contributed by atoms with Crippen LogP contribution in [0.3, 0.4) is 0 Å². The van der Waals surface area contributed by atoms with E-state index in [9.17, 15) is 9.59 Å². The van der Waals surface area contributed by atoms with Gasteiger partial charge in [-0.25, -0.2) is 0 Å². The van der Waals surface area contributed by atoms with Crippen molar-refractivity contribution in [2.24, 2.45) is 0 Å². The summed E-state index contributed by atoms with van der Waals surface area (Å²) in [5.41, 5.74) is 0.319. The normalized spacial score (nSPS) is 10.9. The van der Waals surface area contributed by atoms with Crippen LogP contribution in [0.4, 0.5) is 5.69 Å². The smallest absolute Gasteiger partial charge is 0.223 e. The van der Waals surface area contributed by atoms with Crippen LogP contribution in [0, 0.1) is 0 Å². The molecule has 1 rings (SSSR count). The Morgan fingerprint density at radius 3 is 2.30 bits per heavy atom. The van der Waals surface area contributed by atoms with Crippen LogP contribution in [0.5, 0.6) is 11.5 Å². The van der Waals surface area contributed by atoms with Gasteiger partial charge >= 0.3 is 0 Å². The number of anilines is 1. The van der Waals surface area contributed by atoms with Crippen molar-refractivity contribution in [2.75, 3.05) is 25.7 Å². The van der Waals surface area contributed by atoms with E-state index < -0.39 is 0 Å². The van der Waals surface area contributed by atoms with Crippen molar-refractivity contribution in [3.8, 4) is 11.5 Å². The molecule has 0 saturated heterocycles. The van der Waals surface area contributed by atoms with E-state index in [1.807, 2.05) is 20.8 Å². The Morgan fingerprint density at radius 1 is 1.17 bits per heavy atom. The number of hydrogen-bond donors (Lipinski definition) is 1. The molecule has 0 heterocycles. The minimum atomic E-state index is -0.296. The van der Waals surface area contributed by atoms with Crippen LogP contribution in [-0.4, -0.2) is 38.1 Å². The van der Waals surface area contributed by atoms with E-state index in [0.717, 1.165) is 0 Å². The first-order valence-corrected chi connectivity index (χ1v) is 7.49. The van der Waals surface area contributed by atoms with Gasteiger partial charge in [0.1, 0.15) is 11.5 Å². The predicted octanol–water partition coefficient (Wildman–Crippen LogP) is 2.36. The van der Waals surface area contributed by atoms with Crippen LogP contribution in [0.1, 0.15) is 34.1 Å². The minimum absolute atomic E-state index is 0.101. The maximum Gasteiger partial charge on any atom is 0.223 e. The van der Waals surface area contributed by atoms with Crippen LogP contribution in [0.15, 0.2) is 18.2 Å². The number of ether oxygens (including phenoxy) is 2. The highest BCUT2D eigenvalue weighted by molar-refractivity contribution is 5.94. The number of nitrogens with zero attached hydrogens (tertiary/aromatic N) is 1. The molecule has 6 heteroatoms. The molecule has 0 aliphatic rings. The summed E-state index contributed by atoms with van der Waals surface area (Å²) < 4.78 is 10.5. The summed E-state index contributed by atoms with van der Waals surface area (Å²) in [5.74, 6) is 0.906. The van der Waals surface area contributed by atoms with Crippen LogP contribution in [0.2, 0.25) is 0 Å². The van der Waals surface area contributed by atoms with Gasteiger partial charge in [-0.1, -0.05) is 0 Å². The highest BCUT2D eigenvalue weighted by Gasteiger charge is 2.20. The van der Waals surface area contributed by atoms with Crippen molar-refractivity contribution in [1.29, 1.82) is 0 Å². The third-order valence-electron chi connectivity index (χ3n) is 3.13. The van der Waals surface area contributed by atoms with Gasteiger partial charge in [-0.3, -0.25) is 9.59 Å². The van der Waals surface area contributed by atoms with E-state index in [0.29, 0.717) is 17.2 Å². The van der Waals surface area contributed by atoms with Gasteiger partial charge in [0.25, 0.3) is 0 Å². The lowest BCUT2D eigenvalue weighted by Crippen LogP contribution is -2.42. The van der Waals surface area contributed by atoms with Gasteiger partial charge < -0.3 is 19.7 Å². The zero-order valence-corrected chi connectivity index (χ0v) is 14.7. The lowest BCUT2D eigenvalue weighted by Gasteiger charge is -2.25. The van der Waals surface area contributed by atoms with Gasteiger partial charge in [0.2, 0.25) is 11.8 Å². The molecule has 1 aromatic rings. The fraction of sp³-hybridized carbons (Fsp3) is 0.529. The zero-order valence-electron chi connectivity index (χ0n) is 14.7. The monoisotopic (exact) mass is 322 g/mol. The summed E-state index contributed by atoms with van der Waals surface area (Å²) >= 11 is 0. The van der Waals surface area contributed by atoms with E-state index in [1.54, 1.807) is 25.3 Å². The molecule has 0 bridgehead atoms. The van der Waals surface area contributed by atoms with Gasteiger partial charge in [-0.05, 0) is 32.9 Å². The number of nitrogens with one attached hydrogen (secondary N) is 1. The quantitative estimate of drug-likeness (QED) is 0.873. The fourth-order valence-electron chi connectivity index (χ4n) is 2.15. The first kappa shape index (κ1) is 18.8. The fourth-order valence-corrected chi connectivity index (χ4v) is 2.15. The molecule has 6 nitrogen and oxygen atoms in total. The second-order valence-corrected chi connectivity index (χ2v) is 6.26. The highest BCUT2D eigenvalue weighted by Crippen LogP contribution is 2.32. The molecule has 0 aromatic heterocycles. The van der Waals surface area contributed by atoms with E-state index in [2.05, 4.69) is 5.32 Å². The molecule has 1 N–H and O–H groups in total. The number of methoxy groups -OCH3 is 2. The first-order valence-electron chi connectivity index (χ1n) is 7.49. The van der Waals surface area contributed by atoms with Gasteiger partial charge in [0.05, 0.1) is 19.9 Å². The summed E-state index contributed by atoms with van der Waals surface area (Å²) in [6, 6.07) is 5.21. The van der Waals surface area contributed by atoms with Gasteiger partial charge in [0.15, 0.2) is 0 Å².